The molecule has 1 atom stereocenters. The highest BCUT2D eigenvalue weighted by Crippen LogP contribution is 2.32. The van der Waals surface area contributed by atoms with Crippen LogP contribution in [0.1, 0.15) is 30.9 Å². The van der Waals surface area contributed by atoms with Crippen LogP contribution in [0, 0.1) is 6.92 Å². The smallest absolute Gasteiger partial charge is 0.327 e. The largest absolute Gasteiger partial charge is 0.491 e. The van der Waals surface area contributed by atoms with E-state index >= 15 is 0 Å². The number of imide groups is 1. The third-order valence-corrected chi connectivity index (χ3v) is 4.38. The van der Waals surface area contributed by atoms with Crippen molar-refractivity contribution in [3.63, 3.8) is 0 Å². The van der Waals surface area contributed by atoms with Gasteiger partial charge in [-0.3, -0.25) is 9.69 Å². The molecule has 1 fully saturated rings. The number of rotatable bonds is 6. The van der Waals surface area contributed by atoms with E-state index in [2.05, 4.69) is 0 Å². The molecule has 1 aromatic carbocycles. The van der Waals surface area contributed by atoms with Crippen LogP contribution >= 0.6 is 11.6 Å². The molecule has 132 valence electrons. The quantitative estimate of drug-likeness (QED) is 0.796. The molecule has 1 saturated heterocycles. The van der Waals surface area contributed by atoms with Crippen molar-refractivity contribution in [2.45, 2.75) is 32.8 Å². The monoisotopic (exact) mass is 354 g/mol. The predicted molar refractivity (Wildman–Crippen MR) is 91.5 cm³/mol. The number of aliphatic hydroxyl groups excluding tert-OH is 1. The summed E-state index contributed by atoms with van der Waals surface area (Å²) >= 11 is 6.16. The Bertz CT molecular complexity index is 648. The Morgan fingerprint density at radius 1 is 1.33 bits per heavy atom. The van der Waals surface area contributed by atoms with Gasteiger partial charge in [-0.05, 0) is 36.1 Å². The van der Waals surface area contributed by atoms with E-state index in [0.29, 0.717) is 10.8 Å². The number of hydrogen-bond donors (Lipinski definition) is 1. The van der Waals surface area contributed by atoms with Crippen molar-refractivity contribution < 1.29 is 19.4 Å². The highest BCUT2D eigenvalue weighted by molar-refractivity contribution is 6.31. The number of hydrogen-bond acceptors (Lipinski definition) is 4. The van der Waals surface area contributed by atoms with Crippen molar-refractivity contribution in [3.8, 4) is 5.75 Å². The number of urea groups is 1. The lowest BCUT2D eigenvalue weighted by molar-refractivity contribution is -0.126. The van der Waals surface area contributed by atoms with Gasteiger partial charge in [0.05, 0.1) is 6.54 Å². The van der Waals surface area contributed by atoms with Gasteiger partial charge >= 0.3 is 6.03 Å². The van der Waals surface area contributed by atoms with Gasteiger partial charge in [0.15, 0.2) is 0 Å². The van der Waals surface area contributed by atoms with Crippen molar-refractivity contribution in [1.82, 2.24) is 9.80 Å². The minimum absolute atomic E-state index is 0.0123. The van der Waals surface area contributed by atoms with E-state index in [1.54, 1.807) is 7.05 Å². The Morgan fingerprint density at radius 3 is 2.54 bits per heavy atom. The fourth-order valence-corrected chi connectivity index (χ4v) is 2.72. The first-order chi connectivity index (χ1) is 11.2. The predicted octanol–water partition coefficient (Wildman–Crippen LogP) is 2.41. The average Bonchev–Trinajstić information content (AvgIpc) is 2.74. The van der Waals surface area contributed by atoms with E-state index in [0.717, 1.165) is 16.0 Å². The molecule has 0 aromatic heterocycles. The molecule has 0 radical (unpaired) electrons. The molecule has 0 bridgehead atoms. The standard InChI is InChI=1S/C17H23ClN2O4/c1-10(2)13-6-14(18)11(3)5-15(13)24-9-12(21)7-20-16(22)8-19(4)17(20)23/h5-6,10,12,21H,7-9H2,1-4H3/t12-/m1/s1. The second-order valence-corrected chi connectivity index (χ2v) is 6.81. The first-order valence-electron chi connectivity index (χ1n) is 7.87. The van der Waals surface area contributed by atoms with Gasteiger partial charge in [-0.2, -0.15) is 0 Å². The van der Waals surface area contributed by atoms with Gasteiger partial charge in [-0.15, -0.1) is 0 Å². The van der Waals surface area contributed by atoms with Crippen molar-refractivity contribution in [2.24, 2.45) is 0 Å². The topological polar surface area (TPSA) is 70.1 Å². The van der Waals surface area contributed by atoms with Crippen molar-refractivity contribution in [3.05, 3.63) is 28.3 Å². The maximum atomic E-state index is 11.8. The zero-order chi connectivity index (χ0) is 18.0. The van der Waals surface area contributed by atoms with Crippen LogP contribution in [0.5, 0.6) is 5.75 Å². The van der Waals surface area contributed by atoms with Crippen LogP contribution in [0.25, 0.3) is 0 Å². The normalized spacial score (nSPS) is 16.3. The molecular formula is C17H23ClN2O4. The molecule has 0 spiro atoms. The van der Waals surface area contributed by atoms with E-state index in [1.165, 1.54) is 4.90 Å². The number of carbonyl (C=O) groups is 2. The first-order valence-corrected chi connectivity index (χ1v) is 8.24. The Labute approximate surface area is 146 Å². The van der Waals surface area contributed by atoms with Crippen molar-refractivity contribution in [2.75, 3.05) is 26.7 Å². The Morgan fingerprint density at radius 2 is 2.00 bits per heavy atom. The van der Waals surface area contributed by atoms with Crippen LogP contribution in [0.15, 0.2) is 12.1 Å². The Kier molecular flexibility index (Phi) is 5.72. The lowest BCUT2D eigenvalue weighted by Crippen LogP contribution is -2.40. The molecule has 7 heteroatoms. The molecule has 3 amide bonds. The number of carbonyl (C=O) groups excluding carboxylic acids is 2. The molecule has 0 saturated carbocycles. The third kappa shape index (κ3) is 3.99. The number of amides is 3. The maximum absolute atomic E-state index is 11.8. The second-order valence-electron chi connectivity index (χ2n) is 6.40. The molecule has 1 heterocycles. The summed E-state index contributed by atoms with van der Waals surface area (Å²) in [6.45, 7) is 5.89. The van der Waals surface area contributed by atoms with Gasteiger partial charge in [0.1, 0.15) is 25.0 Å². The molecule has 1 aliphatic heterocycles. The summed E-state index contributed by atoms with van der Waals surface area (Å²) in [5.41, 5.74) is 1.84. The molecule has 1 aliphatic rings. The van der Waals surface area contributed by atoms with Crippen LogP contribution in [-0.2, 0) is 4.79 Å². The minimum atomic E-state index is -0.958. The van der Waals surface area contributed by atoms with E-state index < -0.39 is 12.1 Å². The fourth-order valence-electron chi connectivity index (χ4n) is 2.54. The molecule has 1 aromatic rings. The van der Waals surface area contributed by atoms with Gasteiger partial charge in [0, 0.05) is 12.1 Å². The van der Waals surface area contributed by atoms with E-state index in [1.807, 2.05) is 32.9 Å². The SMILES string of the molecule is Cc1cc(OC[C@H](O)CN2C(=O)CN(C)C2=O)c(C(C)C)cc1Cl. The number of aryl methyl sites for hydroxylation is 1. The summed E-state index contributed by atoms with van der Waals surface area (Å²) in [5.74, 6) is 0.555. The van der Waals surface area contributed by atoms with Crippen LogP contribution in [0.3, 0.4) is 0 Å². The fraction of sp³-hybridized carbons (Fsp3) is 0.529. The summed E-state index contributed by atoms with van der Waals surface area (Å²) in [6, 6.07) is 3.31. The molecule has 1 N–H and O–H groups in total. The molecule has 24 heavy (non-hydrogen) atoms. The summed E-state index contributed by atoms with van der Waals surface area (Å²) in [4.78, 5) is 25.9. The number of likely N-dealkylation sites (N-methyl/N-ethyl adjacent to an activating group) is 1. The van der Waals surface area contributed by atoms with E-state index in [-0.39, 0.29) is 31.5 Å². The number of β-amino-alcohol motifs (C(OH)–C–C–N with tert-alkyl or cyclic N) is 1. The van der Waals surface area contributed by atoms with Crippen LogP contribution in [0.2, 0.25) is 5.02 Å². The highest BCUT2D eigenvalue weighted by atomic mass is 35.5. The minimum Gasteiger partial charge on any atom is -0.491 e. The summed E-state index contributed by atoms with van der Waals surface area (Å²) in [6.07, 6.45) is -0.958. The van der Waals surface area contributed by atoms with Gasteiger partial charge in [-0.1, -0.05) is 25.4 Å². The van der Waals surface area contributed by atoms with Crippen LogP contribution in [0.4, 0.5) is 4.79 Å². The van der Waals surface area contributed by atoms with E-state index in [9.17, 15) is 14.7 Å². The summed E-state index contributed by atoms with van der Waals surface area (Å²) in [5, 5.41) is 10.8. The average molecular weight is 355 g/mol. The van der Waals surface area contributed by atoms with Crippen LogP contribution in [-0.4, -0.2) is 59.7 Å². The van der Waals surface area contributed by atoms with Gasteiger partial charge < -0.3 is 14.7 Å². The lowest BCUT2D eigenvalue weighted by atomic mass is 10.0. The molecular weight excluding hydrogens is 332 g/mol. The first kappa shape index (κ1) is 18.5. The third-order valence-electron chi connectivity index (χ3n) is 3.97. The molecule has 2 rings (SSSR count). The second kappa shape index (κ2) is 7.40. The molecule has 0 unspecified atom stereocenters. The number of benzene rings is 1. The number of aliphatic hydroxyl groups is 1. The summed E-state index contributed by atoms with van der Waals surface area (Å²) in [7, 11) is 1.55. The number of ether oxygens (including phenoxy) is 1. The Balaban J connectivity index is 2.02. The summed E-state index contributed by atoms with van der Waals surface area (Å²) < 4.78 is 5.73. The lowest BCUT2D eigenvalue weighted by Gasteiger charge is -2.21. The van der Waals surface area contributed by atoms with Gasteiger partial charge in [0.25, 0.3) is 0 Å². The highest BCUT2D eigenvalue weighted by Gasteiger charge is 2.34. The Hall–Kier alpha value is -1.79. The maximum Gasteiger partial charge on any atom is 0.327 e. The van der Waals surface area contributed by atoms with Gasteiger partial charge in [0.2, 0.25) is 5.91 Å². The van der Waals surface area contributed by atoms with Gasteiger partial charge in [-0.25, -0.2) is 4.79 Å². The zero-order valence-electron chi connectivity index (χ0n) is 14.4. The van der Waals surface area contributed by atoms with Crippen LogP contribution < -0.4 is 4.74 Å². The molecule has 0 aliphatic carbocycles. The van der Waals surface area contributed by atoms with Crippen molar-refractivity contribution >= 4 is 23.5 Å². The number of nitrogens with zero attached hydrogens (tertiary/aromatic N) is 2. The zero-order valence-corrected chi connectivity index (χ0v) is 15.1. The molecule has 6 nitrogen and oxygen atoms in total. The van der Waals surface area contributed by atoms with Crippen molar-refractivity contribution in [1.29, 1.82) is 0 Å². The van der Waals surface area contributed by atoms with E-state index in [4.69, 9.17) is 16.3 Å². The number of halogens is 1.